The number of hydrogen-bond acceptors (Lipinski definition) is 1. The third kappa shape index (κ3) is 2.63. The minimum absolute atomic E-state index is 0.0555. The Balaban J connectivity index is 1.74. The third-order valence-corrected chi connectivity index (χ3v) is 12.7. The van der Waals surface area contributed by atoms with Crippen molar-refractivity contribution < 1.29 is 4.79 Å². The molecule has 1 nitrogen and oxygen atoms in total. The zero-order chi connectivity index (χ0) is 24.6. The summed E-state index contributed by atoms with van der Waals surface area (Å²) < 4.78 is 3.74. The predicted octanol–water partition coefficient (Wildman–Crippen LogP) is 11.4. The van der Waals surface area contributed by atoms with Gasteiger partial charge in [0, 0.05) is 45.2 Å². The number of allylic oxidation sites excluding steroid dienone is 1. The van der Waals surface area contributed by atoms with E-state index in [9.17, 15) is 4.79 Å². The van der Waals surface area contributed by atoms with Gasteiger partial charge in [0.1, 0.15) is 4.83 Å². The summed E-state index contributed by atoms with van der Waals surface area (Å²) in [5.41, 5.74) is 1.65. The van der Waals surface area contributed by atoms with Crippen LogP contribution in [0.25, 0.3) is 69.1 Å². The Morgan fingerprint density at radius 3 is 2.14 bits per heavy atom. The maximum Gasteiger partial charge on any atom is 0.182 e. The Hall–Kier alpha value is -1.57. The molecule has 7 aromatic carbocycles. The second-order valence-electron chi connectivity index (χ2n) is 9.37. The summed E-state index contributed by atoms with van der Waals surface area (Å²) in [6.07, 6.45) is 0. The van der Waals surface area contributed by atoms with Crippen LogP contribution in [-0.2, 0) is 0 Å². The number of ketones is 1. The van der Waals surface area contributed by atoms with Crippen molar-refractivity contribution in [1.29, 1.82) is 0 Å². The van der Waals surface area contributed by atoms with Crippen LogP contribution in [0.15, 0.2) is 74.1 Å². The highest BCUT2D eigenvalue weighted by atomic mass is 79.9. The first-order valence-electron chi connectivity index (χ1n) is 11.3. The lowest BCUT2D eigenvalue weighted by Crippen LogP contribution is -2.21. The van der Waals surface area contributed by atoms with E-state index in [0.29, 0.717) is 0 Å². The van der Waals surface area contributed by atoms with Crippen molar-refractivity contribution in [3.05, 3.63) is 85.2 Å². The number of benzene rings is 7. The van der Waals surface area contributed by atoms with Crippen LogP contribution < -0.4 is 0 Å². The van der Waals surface area contributed by atoms with Crippen molar-refractivity contribution >= 4 is 155 Å². The normalized spacial score (nSPS) is 16.7. The molecule has 1 aliphatic rings. The topological polar surface area (TPSA) is 17.1 Å². The van der Waals surface area contributed by atoms with Crippen LogP contribution >= 0.6 is 79.6 Å². The lowest BCUT2D eigenvalue weighted by atomic mass is 9.82. The molecule has 0 heterocycles. The van der Waals surface area contributed by atoms with Crippen LogP contribution in [0.5, 0.6) is 0 Å². The number of rotatable bonds is 0. The number of alkyl halides is 1. The Kier molecular flexibility index (Phi) is 4.68. The van der Waals surface area contributed by atoms with Gasteiger partial charge >= 0.3 is 0 Å². The van der Waals surface area contributed by atoms with Crippen molar-refractivity contribution in [2.24, 2.45) is 0 Å². The van der Waals surface area contributed by atoms with Crippen LogP contribution in [0.4, 0.5) is 0 Å². The Bertz CT molecular complexity index is 2180. The molecule has 0 amide bonds. The maximum absolute atomic E-state index is 13.4. The average molecular weight is 787 g/mol. The average Bonchev–Trinajstić information content (AvgIpc) is 2.88. The molecule has 6 heteroatoms. The minimum atomic E-state index is -0.406. The summed E-state index contributed by atoms with van der Waals surface area (Å²) in [4.78, 5) is 13.0. The largest absolute Gasteiger partial charge is 0.292 e. The van der Waals surface area contributed by atoms with E-state index in [1.807, 2.05) is 0 Å². The minimum Gasteiger partial charge on any atom is -0.292 e. The summed E-state index contributed by atoms with van der Waals surface area (Å²) in [5.74, 6) is 0.0555. The summed E-state index contributed by atoms with van der Waals surface area (Å²) in [7, 11) is 0. The molecule has 1 aliphatic carbocycles. The van der Waals surface area contributed by atoms with E-state index in [2.05, 4.69) is 140 Å². The number of Topliss-reactive ketones (excluding diaryl/α,β-unsaturated/α-hetero) is 1. The molecule has 0 saturated heterocycles. The molecule has 0 N–H and O–H groups in total. The van der Waals surface area contributed by atoms with Crippen LogP contribution in [0.2, 0.25) is 0 Å². The van der Waals surface area contributed by atoms with Crippen molar-refractivity contribution in [1.82, 2.24) is 0 Å². The highest BCUT2D eigenvalue weighted by Gasteiger charge is 2.34. The zero-order valence-corrected chi connectivity index (χ0v) is 26.1. The maximum atomic E-state index is 13.4. The van der Waals surface area contributed by atoms with E-state index in [-0.39, 0.29) is 5.78 Å². The molecule has 0 bridgehead atoms. The molecule has 1 unspecified atom stereocenters. The van der Waals surface area contributed by atoms with Gasteiger partial charge < -0.3 is 0 Å². The van der Waals surface area contributed by atoms with E-state index < -0.39 is 4.83 Å². The van der Waals surface area contributed by atoms with E-state index in [1.54, 1.807) is 0 Å². The zero-order valence-electron chi connectivity index (χ0n) is 18.1. The van der Waals surface area contributed by atoms with E-state index in [0.717, 1.165) is 45.2 Å². The van der Waals surface area contributed by atoms with Gasteiger partial charge in [-0.3, -0.25) is 4.79 Å². The lowest BCUT2D eigenvalue weighted by molar-refractivity contribution is 0.100. The first-order chi connectivity index (χ1) is 17.4. The molecule has 1 atom stereocenters. The smallest absolute Gasteiger partial charge is 0.182 e. The molecule has 7 aromatic rings. The van der Waals surface area contributed by atoms with Crippen molar-refractivity contribution in [3.63, 3.8) is 0 Å². The first-order valence-corrected chi connectivity index (χ1v) is 15.4. The standard InChI is InChI=1S/C30H11Br5O/c31-18-10-14-7-11-3-1-2-4-15(11)16-8-12-5-6-13-9-17-22(27(33)28(34)29(35)30(17)36)25-21(13)20(12)24(19(14)16)23(18)26(25)32/h1-10,29H. The Morgan fingerprint density at radius 2 is 1.33 bits per heavy atom. The third-order valence-electron chi connectivity index (χ3n) is 7.62. The van der Waals surface area contributed by atoms with Crippen molar-refractivity contribution in [2.75, 3.05) is 0 Å². The van der Waals surface area contributed by atoms with E-state index in [4.69, 9.17) is 0 Å². The van der Waals surface area contributed by atoms with Crippen LogP contribution in [0.3, 0.4) is 0 Å². The molecule has 0 radical (unpaired) electrons. The van der Waals surface area contributed by atoms with Gasteiger partial charge in [0.15, 0.2) is 5.78 Å². The summed E-state index contributed by atoms with van der Waals surface area (Å²) in [6.45, 7) is 0. The van der Waals surface area contributed by atoms with Gasteiger partial charge in [-0.1, -0.05) is 84.2 Å². The second kappa shape index (κ2) is 7.51. The van der Waals surface area contributed by atoms with Gasteiger partial charge in [-0.25, -0.2) is 0 Å². The van der Waals surface area contributed by atoms with Gasteiger partial charge in [-0.2, -0.15) is 0 Å². The highest BCUT2D eigenvalue weighted by Crippen LogP contribution is 2.54. The summed E-state index contributed by atoms with van der Waals surface area (Å²) in [6, 6.07) is 21.9. The van der Waals surface area contributed by atoms with Gasteiger partial charge in [0.2, 0.25) is 0 Å². The molecular formula is C30H11Br5O. The van der Waals surface area contributed by atoms with E-state index in [1.165, 1.54) is 48.5 Å². The molecule has 172 valence electrons. The number of carbonyl (C=O) groups excluding carboxylic acids is 1. The van der Waals surface area contributed by atoms with Crippen molar-refractivity contribution in [2.45, 2.75) is 4.83 Å². The van der Waals surface area contributed by atoms with Crippen LogP contribution in [0, 0.1) is 0 Å². The van der Waals surface area contributed by atoms with E-state index >= 15 is 0 Å². The fourth-order valence-electron chi connectivity index (χ4n) is 6.16. The predicted molar refractivity (Wildman–Crippen MR) is 171 cm³/mol. The fraction of sp³-hybridized carbons (Fsp3) is 0.0333. The number of halogens is 5. The lowest BCUT2D eigenvalue weighted by Gasteiger charge is -2.26. The molecular weight excluding hydrogens is 776 g/mol. The fourth-order valence-corrected chi connectivity index (χ4v) is 9.71. The highest BCUT2D eigenvalue weighted by molar-refractivity contribution is 9.17. The number of carbonyl (C=O) groups is 1. The second-order valence-corrected chi connectivity index (χ2v) is 13.6. The Labute approximate surface area is 247 Å². The van der Waals surface area contributed by atoms with Gasteiger partial charge in [-0.05, 0) is 105 Å². The van der Waals surface area contributed by atoms with Crippen molar-refractivity contribution in [3.8, 4) is 0 Å². The number of hydrogen-bond donors (Lipinski definition) is 0. The molecule has 0 aliphatic heterocycles. The monoisotopic (exact) mass is 782 g/mol. The molecule has 0 saturated carbocycles. The van der Waals surface area contributed by atoms with Crippen LogP contribution in [0.1, 0.15) is 15.9 Å². The van der Waals surface area contributed by atoms with Gasteiger partial charge in [0.05, 0.1) is 0 Å². The summed E-state index contributed by atoms with van der Waals surface area (Å²) >= 11 is 19.0. The SMILES string of the molecule is O=C1c2cc3ccc4cc5c6ccccc6cc6cc(Br)c7c(Br)c(c2C(Br)=C(Br)C1Br)c3c4c7c65. The van der Waals surface area contributed by atoms with Crippen LogP contribution in [-0.4, -0.2) is 10.6 Å². The number of fused-ring (bicyclic) bond motifs is 4. The molecule has 0 aromatic heterocycles. The first kappa shape index (κ1) is 22.4. The Morgan fingerprint density at radius 1 is 0.611 bits per heavy atom. The molecule has 8 rings (SSSR count). The molecule has 0 spiro atoms. The van der Waals surface area contributed by atoms with Gasteiger partial charge in [0.25, 0.3) is 0 Å². The summed E-state index contributed by atoms with van der Waals surface area (Å²) in [5, 5.41) is 14.4. The molecule has 0 fully saturated rings. The molecule has 36 heavy (non-hydrogen) atoms. The van der Waals surface area contributed by atoms with Gasteiger partial charge in [-0.15, -0.1) is 0 Å². The quantitative estimate of drug-likeness (QED) is 0.0850.